The van der Waals surface area contributed by atoms with Gasteiger partial charge in [-0.3, -0.25) is 9.36 Å². The van der Waals surface area contributed by atoms with E-state index in [0.717, 1.165) is 36.7 Å². The maximum atomic E-state index is 12.8. The molecule has 0 unspecified atom stereocenters. The van der Waals surface area contributed by atoms with E-state index in [2.05, 4.69) is 33.4 Å². The Morgan fingerprint density at radius 3 is 2.67 bits per heavy atom. The molecule has 0 spiro atoms. The number of ether oxygens (including phenoxy) is 2. The molecule has 1 amide bonds. The Labute approximate surface area is 198 Å². The third-order valence-electron chi connectivity index (χ3n) is 5.22. The highest BCUT2D eigenvalue weighted by molar-refractivity contribution is 7.99. The lowest BCUT2D eigenvalue weighted by Crippen LogP contribution is -2.38. The maximum Gasteiger partial charge on any atom is 0.234 e. The summed E-state index contributed by atoms with van der Waals surface area (Å²) in [5, 5.41) is 12.6. The van der Waals surface area contributed by atoms with Crippen LogP contribution >= 0.6 is 11.8 Å². The molecule has 33 heavy (non-hydrogen) atoms. The summed E-state index contributed by atoms with van der Waals surface area (Å²) in [6.45, 7) is 7.54. The maximum absolute atomic E-state index is 12.8. The van der Waals surface area contributed by atoms with Crippen LogP contribution in [-0.4, -0.2) is 59.3 Å². The van der Waals surface area contributed by atoms with Crippen molar-refractivity contribution in [3.8, 4) is 11.4 Å². The van der Waals surface area contributed by atoms with Crippen molar-refractivity contribution < 1.29 is 14.3 Å². The van der Waals surface area contributed by atoms with Crippen molar-refractivity contribution in [3.05, 3.63) is 54.1 Å². The fraction of sp³-hybridized carbons (Fsp3) is 0.375. The molecule has 174 valence electrons. The molecule has 1 aliphatic heterocycles. The number of carbonyl (C=O) groups excluding carboxylic acids is 1. The third kappa shape index (κ3) is 5.66. The van der Waals surface area contributed by atoms with Gasteiger partial charge in [0.2, 0.25) is 11.9 Å². The summed E-state index contributed by atoms with van der Waals surface area (Å²) in [6, 6.07) is 15.6. The van der Waals surface area contributed by atoms with Crippen LogP contribution in [0.15, 0.2) is 53.7 Å². The fourth-order valence-corrected chi connectivity index (χ4v) is 4.31. The predicted molar refractivity (Wildman–Crippen MR) is 131 cm³/mol. The van der Waals surface area contributed by atoms with Gasteiger partial charge in [-0.05, 0) is 37.1 Å². The number of rotatable bonds is 9. The summed E-state index contributed by atoms with van der Waals surface area (Å²) in [5.41, 5.74) is 2.79. The highest BCUT2D eigenvalue weighted by Gasteiger charge is 2.23. The van der Waals surface area contributed by atoms with Gasteiger partial charge in [-0.1, -0.05) is 49.0 Å². The molecule has 4 rings (SSSR count). The molecular weight excluding hydrogens is 438 g/mol. The first-order valence-electron chi connectivity index (χ1n) is 11.2. The van der Waals surface area contributed by atoms with Gasteiger partial charge >= 0.3 is 0 Å². The van der Waals surface area contributed by atoms with Crippen LogP contribution in [0.5, 0.6) is 5.75 Å². The van der Waals surface area contributed by atoms with E-state index in [-0.39, 0.29) is 11.7 Å². The molecule has 1 aliphatic rings. The number of morpholine rings is 1. The molecule has 8 nitrogen and oxygen atoms in total. The second kappa shape index (κ2) is 11.2. The summed E-state index contributed by atoms with van der Waals surface area (Å²) < 4.78 is 13.3. The Hall–Kier alpha value is -3.04. The summed E-state index contributed by atoms with van der Waals surface area (Å²) in [4.78, 5) is 14.9. The molecule has 3 aromatic rings. The molecule has 0 aliphatic carbocycles. The lowest BCUT2D eigenvalue weighted by molar-refractivity contribution is -0.113. The molecule has 1 aromatic heterocycles. The van der Waals surface area contributed by atoms with Crippen LogP contribution in [0.1, 0.15) is 18.9 Å². The number of thioether (sulfide) groups is 1. The highest BCUT2D eigenvalue weighted by Crippen LogP contribution is 2.29. The number of aromatic nitrogens is 3. The standard InChI is InChI=1S/C24H29N5O3S/c1-3-14-32-21-11-7-5-9-19(21)25-22(30)17-33-24-27-26-23(28-12-15-31-16-13-28)29(24)20-10-6-4-8-18(20)2/h4-11H,3,12-17H2,1-2H3,(H,25,30). The molecule has 0 radical (unpaired) electrons. The van der Waals surface area contributed by atoms with Gasteiger partial charge in [-0.2, -0.15) is 0 Å². The minimum Gasteiger partial charge on any atom is -0.491 e. The smallest absolute Gasteiger partial charge is 0.234 e. The molecule has 0 atom stereocenters. The third-order valence-corrected chi connectivity index (χ3v) is 6.15. The monoisotopic (exact) mass is 467 g/mol. The average molecular weight is 468 g/mol. The second-order valence-corrected chi connectivity index (χ2v) is 8.63. The number of hydrogen-bond donors (Lipinski definition) is 1. The summed E-state index contributed by atoms with van der Waals surface area (Å²) in [5.74, 6) is 1.53. The Balaban J connectivity index is 1.52. The van der Waals surface area contributed by atoms with Gasteiger partial charge in [0.25, 0.3) is 0 Å². The van der Waals surface area contributed by atoms with Crippen LogP contribution in [0.2, 0.25) is 0 Å². The first-order chi connectivity index (χ1) is 16.2. The summed E-state index contributed by atoms with van der Waals surface area (Å²) >= 11 is 1.37. The molecule has 9 heteroatoms. The van der Waals surface area contributed by atoms with Gasteiger partial charge in [-0.15, -0.1) is 10.2 Å². The number of nitrogens with one attached hydrogen (secondary N) is 1. The van der Waals surface area contributed by atoms with E-state index in [4.69, 9.17) is 9.47 Å². The number of benzene rings is 2. The van der Waals surface area contributed by atoms with Gasteiger partial charge in [0.15, 0.2) is 5.16 Å². The quantitative estimate of drug-likeness (QED) is 0.478. The Morgan fingerprint density at radius 2 is 1.88 bits per heavy atom. The molecule has 1 fully saturated rings. The van der Waals surface area contributed by atoms with Gasteiger partial charge in [0.05, 0.1) is 36.9 Å². The summed E-state index contributed by atoms with van der Waals surface area (Å²) in [7, 11) is 0. The predicted octanol–water partition coefficient (Wildman–Crippen LogP) is 3.93. The first-order valence-corrected chi connectivity index (χ1v) is 12.1. The second-order valence-electron chi connectivity index (χ2n) is 7.69. The van der Waals surface area contributed by atoms with Crippen molar-refractivity contribution in [2.24, 2.45) is 0 Å². The Bertz CT molecular complexity index is 1080. The fourth-order valence-electron chi connectivity index (χ4n) is 3.57. The molecule has 0 bridgehead atoms. The zero-order chi connectivity index (χ0) is 23.0. The molecular formula is C24H29N5O3S. The van der Waals surface area contributed by atoms with E-state index in [1.807, 2.05) is 54.0 Å². The molecule has 1 saturated heterocycles. The number of carbonyl (C=O) groups is 1. The number of para-hydroxylation sites is 3. The van der Waals surface area contributed by atoms with Crippen LogP contribution in [0.3, 0.4) is 0 Å². The number of nitrogens with zero attached hydrogens (tertiary/aromatic N) is 4. The zero-order valence-corrected chi connectivity index (χ0v) is 19.8. The number of hydrogen-bond acceptors (Lipinski definition) is 7. The van der Waals surface area contributed by atoms with Crippen molar-refractivity contribution >= 4 is 29.3 Å². The lowest BCUT2D eigenvalue weighted by atomic mass is 10.2. The van der Waals surface area contributed by atoms with Crippen LogP contribution in [0, 0.1) is 6.92 Å². The van der Waals surface area contributed by atoms with Gasteiger partial charge in [0.1, 0.15) is 5.75 Å². The minimum atomic E-state index is -0.125. The largest absolute Gasteiger partial charge is 0.491 e. The molecule has 0 saturated carbocycles. The molecule has 1 N–H and O–H groups in total. The molecule has 2 aromatic carbocycles. The van der Waals surface area contributed by atoms with Crippen LogP contribution < -0.4 is 15.0 Å². The van der Waals surface area contributed by atoms with Gasteiger partial charge < -0.3 is 19.7 Å². The Morgan fingerprint density at radius 1 is 1.12 bits per heavy atom. The first kappa shape index (κ1) is 23.1. The number of anilines is 2. The normalized spacial score (nSPS) is 13.7. The van der Waals surface area contributed by atoms with E-state index < -0.39 is 0 Å². The zero-order valence-electron chi connectivity index (χ0n) is 19.0. The minimum absolute atomic E-state index is 0.125. The van der Waals surface area contributed by atoms with E-state index >= 15 is 0 Å². The van der Waals surface area contributed by atoms with Crippen LogP contribution in [0.4, 0.5) is 11.6 Å². The van der Waals surface area contributed by atoms with Crippen molar-refractivity contribution in [3.63, 3.8) is 0 Å². The molecule has 2 heterocycles. The van der Waals surface area contributed by atoms with Gasteiger partial charge in [0, 0.05) is 13.1 Å². The Kier molecular flexibility index (Phi) is 7.85. The van der Waals surface area contributed by atoms with Crippen molar-refractivity contribution in [1.82, 2.24) is 14.8 Å². The topological polar surface area (TPSA) is 81.5 Å². The SMILES string of the molecule is CCCOc1ccccc1NC(=O)CSc1nnc(N2CCOCC2)n1-c1ccccc1C. The summed E-state index contributed by atoms with van der Waals surface area (Å²) in [6.07, 6.45) is 0.901. The van der Waals surface area contributed by atoms with E-state index in [0.29, 0.717) is 36.4 Å². The highest BCUT2D eigenvalue weighted by atomic mass is 32.2. The van der Waals surface area contributed by atoms with Crippen LogP contribution in [0.25, 0.3) is 5.69 Å². The van der Waals surface area contributed by atoms with E-state index in [1.54, 1.807) is 0 Å². The van der Waals surface area contributed by atoms with Gasteiger partial charge in [-0.25, -0.2) is 0 Å². The van der Waals surface area contributed by atoms with Crippen LogP contribution in [-0.2, 0) is 9.53 Å². The number of amides is 1. The van der Waals surface area contributed by atoms with Crippen molar-refractivity contribution in [1.29, 1.82) is 0 Å². The van der Waals surface area contributed by atoms with Crippen molar-refractivity contribution in [2.75, 3.05) is 48.9 Å². The number of aryl methyl sites for hydroxylation is 1. The lowest BCUT2D eigenvalue weighted by Gasteiger charge is -2.28. The van der Waals surface area contributed by atoms with Crippen molar-refractivity contribution in [2.45, 2.75) is 25.4 Å². The average Bonchev–Trinajstić information content (AvgIpc) is 3.27. The van der Waals surface area contributed by atoms with E-state index in [1.165, 1.54) is 11.8 Å². The van der Waals surface area contributed by atoms with E-state index in [9.17, 15) is 4.79 Å².